The Kier molecular flexibility index (Phi) is 37.8. The Morgan fingerprint density at radius 1 is 0.594 bits per heavy atom. The molecular formula is C74H126FN11O15. The van der Waals surface area contributed by atoms with E-state index in [9.17, 15) is 48.3 Å². The number of nitrogens with two attached hydrogens (primary N) is 1. The molecule has 1 aromatic carbocycles. The van der Waals surface area contributed by atoms with Crippen molar-refractivity contribution in [2.24, 2.45) is 47.2 Å². The molecular weight excluding hydrogens is 1300 g/mol. The van der Waals surface area contributed by atoms with Crippen LogP contribution in [0.2, 0.25) is 0 Å². The van der Waals surface area contributed by atoms with E-state index < -0.39 is 186 Å². The van der Waals surface area contributed by atoms with Crippen LogP contribution in [0, 0.1) is 41.4 Å². The Balaban J connectivity index is 3.95. The minimum Gasteiger partial charge on any atom is -0.459 e. The summed E-state index contributed by atoms with van der Waals surface area (Å²) in [4.78, 5) is 184. The Labute approximate surface area is 601 Å². The lowest BCUT2D eigenvalue weighted by molar-refractivity contribution is -0.177. The Morgan fingerprint density at radius 2 is 1.06 bits per heavy atom. The number of aliphatic hydroxyl groups is 1. The van der Waals surface area contributed by atoms with Gasteiger partial charge in [-0.25, -0.2) is 9.59 Å². The number of amides is 10. The molecule has 27 heteroatoms. The Bertz CT molecular complexity index is 2960. The molecule has 0 heterocycles. The number of nitrogens with zero attached hydrogens (tertiary/aromatic N) is 7. The van der Waals surface area contributed by atoms with Gasteiger partial charge in [0.15, 0.2) is 5.78 Å². The number of hydrogen-bond acceptors (Lipinski definition) is 17. The van der Waals surface area contributed by atoms with Gasteiger partial charge in [0.25, 0.3) is 5.91 Å². The molecule has 0 radical (unpaired) electrons. The molecule has 574 valence electrons. The number of nitrogens with one attached hydrogen (secondary N) is 3. The number of allylic oxidation sites excluding steroid dienone is 2. The average molecular weight is 1430 g/mol. The van der Waals surface area contributed by atoms with Gasteiger partial charge in [0.05, 0.1) is 31.4 Å². The highest BCUT2D eigenvalue weighted by Gasteiger charge is 2.58. The lowest BCUT2D eigenvalue weighted by Crippen LogP contribution is -2.71. The maximum absolute atomic E-state index is 15.8. The number of imide groups is 1. The molecule has 0 saturated heterocycles. The highest BCUT2D eigenvalue weighted by molar-refractivity contribution is 6.18. The van der Waals surface area contributed by atoms with Crippen molar-refractivity contribution >= 4 is 71.0 Å². The van der Waals surface area contributed by atoms with E-state index in [1.165, 1.54) is 77.9 Å². The number of alkyl halides is 1. The van der Waals surface area contributed by atoms with Gasteiger partial charge in [0.1, 0.15) is 54.5 Å². The van der Waals surface area contributed by atoms with Crippen molar-refractivity contribution in [1.82, 2.24) is 50.2 Å². The fraction of sp³-hybridized carbons (Fsp3) is 0.730. The minimum atomic E-state index is -2.88. The summed E-state index contributed by atoms with van der Waals surface area (Å²) >= 11 is 0. The highest BCUT2D eigenvalue weighted by Crippen LogP contribution is 2.31. The van der Waals surface area contributed by atoms with E-state index in [-0.39, 0.29) is 49.9 Å². The van der Waals surface area contributed by atoms with Crippen molar-refractivity contribution in [2.45, 2.75) is 248 Å². The molecule has 0 bridgehead atoms. The summed E-state index contributed by atoms with van der Waals surface area (Å²) in [6.07, 6.45) is 1.51. The molecule has 13 atom stereocenters. The number of ether oxygens (including phenoxy) is 2. The topological polar surface area (TPSA) is 328 Å². The lowest BCUT2D eigenvalue weighted by Gasteiger charge is -2.43. The summed E-state index contributed by atoms with van der Waals surface area (Å²) in [6, 6.07) is -4.07. The summed E-state index contributed by atoms with van der Waals surface area (Å²) in [5.41, 5.74) is 3.20. The third kappa shape index (κ3) is 26.1. The normalized spacial score (nSPS) is 16.1. The first-order valence-corrected chi connectivity index (χ1v) is 35.4. The second-order valence-electron chi connectivity index (χ2n) is 30.3. The van der Waals surface area contributed by atoms with Crippen LogP contribution in [-0.2, 0) is 68.8 Å². The molecule has 0 saturated carbocycles. The maximum atomic E-state index is 15.8. The molecule has 1 rings (SSSR count). The molecule has 6 N–H and O–H groups in total. The smallest absolute Gasteiger partial charge is 0.408 e. The van der Waals surface area contributed by atoms with Gasteiger partial charge in [0.2, 0.25) is 52.8 Å². The standard InChI is InChI=1S/C74H126FN11O15/c1-27-29-33-48(13)61(88)59(77-20)62(89)74(19,71(98)100-42-51-34-31-30-32-35-51)86(65(92)52(76)28-2)68(95)56(39-46(9)10)84(25)69(96)58(49(14)40-75)79-63(90)53(36-43(3)4)81(22)57(87)41-80(21)70(97)60(47(11)12)85(26)67(94)55(38-45(7)8)83(24)66(93)54(37-44(5)6)82(23)64(91)50(15)78-72(99)101-73(16,17)18/h27,29-32,34-35,43-50,52-56,58-61,77,88H,28,33,36-42,76H2,1-26H3,(H,78,99)(H,79,90)/b29-27+/t48-,49?,50-,52?,53+,54+,55+,56+,58+,59+,60+,61-,74-/m1/s1. The first-order valence-electron chi connectivity index (χ1n) is 35.4. The van der Waals surface area contributed by atoms with Crippen molar-refractivity contribution in [2.75, 3.05) is 62.6 Å². The van der Waals surface area contributed by atoms with E-state index in [0.29, 0.717) is 16.9 Å². The number of esters is 1. The molecule has 26 nitrogen and oxygen atoms in total. The van der Waals surface area contributed by atoms with Crippen molar-refractivity contribution in [3.63, 3.8) is 0 Å². The summed E-state index contributed by atoms with van der Waals surface area (Å²) in [5, 5.41) is 19.8. The van der Waals surface area contributed by atoms with E-state index >= 15 is 18.8 Å². The molecule has 2 unspecified atom stereocenters. The van der Waals surface area contributed by atoms with Crippen LogP contribution in [0.1, 0.15) is 176 Å². The Hall–Kier alpha value is -7.39. The number of halogens is 1. The van der Waals surface area contributed by atoms with Gasteiger partial charge in [-0.1, -0.05) is 132 Å². The van der Waals surface area contributed by atoms with Crippen LogP contribution >= 0.6 is 0 Å². The third-order valence-corrected chi connectivity index (χ3v) is 18.1. The largest absolute Gasteiger partial charge is 0.459 e. The molecule has 10 amide bonds. The average Bonchev–Trinajstić information content (AvgIpc) is 0.752. The van der Waals surface area contributed by atoms with Crippen molar-refractivity contribution in [3.8, 4) is 0 Å². The van der Waals surface area contributed by atoms with Gasteiger partial charge in [0, 0.05) is 48.2 Å². The number of hydrogen-bond donors (Lipinski definition) is 5. The zero-order valence-corrected chi connectivity index (χ0v) is 65.5. The zero-order chi connectivity index (χ0) is 78.2. The molecule has 0 aromatic heterocycles. The molecule has 0 aliphatic rings. The van der Waals surface area contributed by atoms with Crippen LogP contribution in [0.15, 0.2) is 42.5 Å². The van der Waals surface area contributed by atoms with Gasteiger partial charge in [-0.3, -0.25) is 57.2 Å². The molecule has 0 spiro atoms. The number of ketones is 1. The maximum Gasteiger partial charge on any atom is 0.408 e. The number of carbonyl (C=O) groups is 12. The second kappa shape index (κ2) is 41.6. The fourth-order valence-electron chi connectivity index (χ4n) is 11.9. The number of alkyl carbamates (subject to hydrolysis) is 1. The van der Waals surface area contributed by atoms with Crippen molar-refractivity contribution in [1.29, 1.82) is 0 Å². The van der Waals surface area contributed by atoms with Gasteiger partial charge in [-0.05, 0) is 128 Å². The predicted molar refractivity (Wildman–Crippen MR) is 386 cm³/mol. The fourth-order valence-corrected chi connectivity index (χ4v) is 11.9. The van der Waals surface area contributed by atoms with E-state index in [0.717, 1.165) is 21.6 Å². The van der Waals surface area contributed by atoms with Crippen LogP contribution in [0.3, 0.4) is 0 Å². The number of Topliss-reactive ketones (excluding diaryl/α,β-unsaturated/α-hetero) is 1. The number of carbonyl (C=O) groups excluding carboxylic acids is 12. The van der Waals surface area contributed by atoms with E-state index in [1.54, 1.807) is 126 Å². The van der Waals surface area contributed by atoms with E-state index in [4.69, 9.17) is 15.2 Å². The van der Waals surface area contributed by atoms with Gasteiger partial charge in [-0.2, -0.15) is 0 Å². The number of benzene rings is 1. The van der Waals surface area contributed by atoms with Crippen molar-refractivity contribution in [3.05, 3.63) is 48.0 Å². The van der Waals surface area contributed by atoms with Gasteiger partial charge >= 0.3 is 12.1 Å². The Morgan fingerprint density at radius 3 is 1.50 bits per heavy atom. The summed E-state index contributed by atoms with van der Waals surface area (Å²) in [7, 11) is 9.60. The van der Waals surface area contributed by atoms with Gasteiger partial charge in [-0.15, -0.1) is 0 Å². The van der Waals surface area contributed by atoms with Crippen LogP contribution in [-0.4, -0.2) is 245 Å². The first kappa shape index (κ1) is 91.6. The van der Waals surface area contributed by atoms with Crippen molar-refractivity contribution < 1.29 is 76.5 Å². The molecule has 0 aliphatic heterocycles. The summed E-state index contributed by atoms with van der Waals surface area (Å²) in [6.45, 7) is 29.5. The first-order chi connectivity index (χ1) is 46.7. The quantitative estimate of drug-likeness (QED) is 0.0280. The van der Waals surface area contributed by atoms with Crippen LogP contribution in [0.4, 0.5) is 9.18 Å². The zero-order valence-electron chi connectivity index (χ0n) is 65.5. The lowest BCUT2D eigenvalue weighted by atomic mass is 9.82. The molecule has 0 aliphatic carbocycles. The van der Waals surface area contributed by atoms with Crippen LogP contribution in [0.25, 0.3) is 0 Å². The second-order valence-corrected chi connectivity index (χ2v) is 30.3. The third-order valence-electron chi connectivity index (χ3n) is 18.1. The summed E-state index contributed by atoms with van der Waals surface area (Å²) in [5.74, 6) is -13.5. The highest BCUT2D eigenvalue weighted by atomic mass is 19.1. The van der Waals surface area contributed by atoms with Crippen LogP contribution < -0.4 is 21.7 Å². The number of aliphatic hydroxyl groups excluding tert-OH is 1. The molecule has 101 heavy (non-hydrogen) atoms. The van der Waals surface area contributed by atoms with Gasteiger partial charge < -0.3 is 65.7 Å². The molecule has 1 aromatic rings. The minimum absolute atomic E-state index is 0.0155. The molecule has 0 fully saturated rings. The number of likely N-dealkylation sites (N-methyl/N-ethyl adjacent to an activating group) is 7. The summed E-state index contributed by atoms with van der Waals surface area (Å²) < 4.78 is 26.4. The van der Waals surface area contributed by atoms with Crippen LogP contribution in [0.5, 0.6) is 0 Å². The monoisotopic (exact) mass is 1430 g/mol. The SMILES string of the molecule is C/C=C/C[C@@H](C)[C@@H](O)[C@H](NC)C(=O)[C@](C)(C(=O)OCc1ccccc1)N(C(=O)C(N)CC)C(=O)[C@H](CC(C)C)N(C)C(=O)[C@@H](NC(=O)[C@H](CC(C)C)N(C)C(=O)CN(C)C(=O)[C@H](C(C)C)N(C)C(=O)[C@H](CC(C)C)N(C)C(=O)[C@H](CC(C)C)N(C)C(=O)[C@@H](C)NC(=O)OC(C)(C)C)C(C)CF. The van der Waals surface area contributed by atoms with E-state index in [1.807, 2.05) is 27.7 Å². The predicted octanol–water partition coefficient (Wildman–Crippen LogP) is 6.14. The number of rotatable bonds is 40. The van der Waals surface area contributed by atoms with E-state index in [2.05, 4.69) is 16.0 Å².